The highest BCUT2D eigenvalue weighted by Crippen LogP contribution is 2.19. The molecule has 1 N–H and O–H groups in total. The molecule has 0 radical (unpaired) electrons. The number of rotatable bonds is 5. The van der Waals surface area contributed by atoms with E-state index < -0.39 is 0 Å². The van der Waals surface area contributed by atoms with Crippen molar-refractivity contribution in [3.05, 3.63) is 16.1 Å². The van der Waals surface area contributed by atoms with Crippen LogP contribution in [0.1, 0.15) is 30.5 Å². The Morgan fingerprint density at radius 1 is 1.50 bits per heavy atom. The van der Waals surface area contributed by atoms with Crippen LogP contribution in [0.25, 0.3) is 0 Å². The van der Waals surface area contributed by atoms with E-state index in [0.29, 0.717) is 6.04 Å². The minimum absolute atomic E-state index is 0.637. The molecule has 0 aliphatic carbocycles. The second-order valence-corrected chi connectivity index (χ2v) is 6.55. The number of thiazole rings is 1. The van der Waals surface area contributed by atoms with Crippen LogP contribution in [0.3, 0.4) is 0 Å². The van der Waals surface area contributed by atoms with Gasteiger partial charge in [-0.1, -0.05) is 0 Å². The molecule has 4 heteroatoms. The molecular formula is C14H25N3S. The second kappa shape index (κ2) is 6.64. The van der Waals surface area contributed by atoms with Crippen LogP contribution in [0.5, 0.6) is 0 Å². The third-order valence-corrected chi connectivity index (χ3v) is 4.81. The molecule has 1 unspecified atom stereocenters. The Kier molecular flexibility index (Phi) is 5.15. The highest BCUT2D eigenvalue weighted by Gasteiger charge is 2.21. The van der Waals surface area contributed by atoms with E-state index in [1.165, 1.54) is 36.6 Å². The Labute approximate surface area is 115 Å². The predicted molar refractivity (Wildman–Crippen MR) is 78.2 cm³/mol. The zero-order valence-corrected chi connectivity index (χ0v) is 12.6. The van der Waals surface area contributed by atoms with Crippen LogP contribution < -0.4 is 5.32 Å². The zero-order valence-electron chi connectivity index (χ0n) is 11.8. The normalized spacial score (nSPS) is 20.2. The lowest BCUT2D eigenvalue weighted by Gasteiger charge is -2.33. The van der Waals surface area contributed by atoms with Crippen LogP contribution in [0.15, 0.2) is 5.38 Å². The highest BCUT2D eigenvalue weighted by molar-refractivity contribution is 7.09. The summed E-state index contributed by atoms with van der Waals surface area (Å²) >= 11 is 1.75. The zero-order chi connectivity index (χ0) is 13.0. The maximum atomic E-state index is 4.50. The van der Waals surface area contributed by atoms with Crippen molar-refractivity contribution in [3.8, 4) is 0 Å². The van der Waals surface area contributed by atoms with Crippen molar-refractivity contribution < 1.29 is 0 Å². The summed E-state index contributed by atoms with van der Waals surface area (Å²) in [6.07, 6.45) is 3.72. The largest absolute Gasteiger partial charge is 0.314 e. The van der Waals surface area contributed by atoms with Crippen LogP contribution in [0.2, 0.25) is 0 Å². The van der Waals surface area contributed by atoms with E-state index in [9.17, 15) is 0 Å². The summed E-state index contributed by atoms with van der Waals surface area (Å²) in [5.41, 5.74) is 1.24. The number of nitrogens with zero attached hydrogens (tertiary/aromatic N) is 2. The Morgan fingerprint density at radius 2 is 2.22 bits per heavy atom. The third-order valence-electron chi connectivity index (χ3n) is 3.98. The average Bonchev–Trinajstić information content (AvgIpc) is 2.76. The topological polar surface area (TPSA) is 28.2 Å². The van der Waals surface area contributed by atoms with Crippen molar-refractivity contribution in [2.45, 2.75) is 39.2 Å². The molecule has 1 saturated heterocycles. The number of aryl methyl sites for hydroxylation is 1. The number of aromatic nitrogens is 1. The number of likely N-dealkylation sites (tertiary alicyclic amines) is 1. The highest BCUT2D eigenvalue weighted by atomic mass is 32.1. The Balaban J connectivity index is 1.67. The van der Waals surface area contributed by atoms with Crippen LogP contribution in [-0.4, -0.2) is 42.6 Å². The molecular weight excluding hydrogens is 242 g/mol. The molecule has 0 amide bonds. The molecule has 0 bridgehead atoms. The fourth-order valence-corrected chi connectivity index (χ4v) is 3.29. The molecule has 102 valence electrons. The van der Waals surface area contributed by atoms with Crippen molar-refractivity contribution in [2.24, 2.45) is 5.92 Å². The van der Waals surface area contributed by atoms with E-state index in [2.05, 4.69) is 41.5 Å². The third kappa shape index (κ3) is 4.04. The summed E-state index contributed by atoms with van der Waals surface area (Å²) in [5.74, 6) is 0.846. The first kappa shape index (κ1) is 14.0. The summed E-state index contributed by atoms with van der Waals surface area (Å²) in [7, 11) is 2.22. The first-order chi connectivity index (χ1) is 8.65. The van der Waals surface area contributed by atoms with E-state index in [-0.39, 0.29) is 0 Å². The minimum Gasteiger partial charge on any atom is -0.314 e. The fraction of sp³-hybridized carbons (Fsp3) is 0.786. The summed E-state index contributed by atoms with van der Waals surface area (Å²) in [5, 5.41) is 7.02. The Bertz CT molecular complexity index is 356. The van der Waals surface area contributed by atoms with E-state index in [1.807, 2.05) is 0 Å². The van der Waals surface area contributed by atoms with Gasteiger partial charge in [0, 0.05) is 24.4 Å². The summed E-state index contributed by atoms with van der Waals surface area (Å²) < 4.78 is 0. The van der Waals surface area contributed by atoms with E-state index >= 15 is 0 Å². The Morgan fingerprint density at radius 3 is 2.83 bits per heavy atom. The molecule has 0 aromatic carbocycles. The molecule has 1 atom stereocenters. The molecule has 1 aromatic heterocycles. The van der Waals surface area contributed by atoms with Gasteiger partial charge in [0.2, 0.25) is 0 Å². The lowest BCUT2D eigenvalue weighted by molar-refractivity contribution is 0.190. The van der Waals surface area contributed by atoms with Crippen molar-refractivity contribution >= 4 is 11.3 Å². The van der Waals surface area contributed by atoms with Gasteiger partial charge in [-0.2, -0.15) is 0 Å². The van der Waals surface area contributed by atoms with Gasteiger partial charge in [-0.15, -0.1) is 11.3 Å². The quantitative estimate of drug-likeness (QED) is 0.887. The molecule has 0 spiro atoms. The molecule has 18 heavy (non-hydrogen) atoms. The number of nitrogens with one attached hydrogen (secondary N) is 1. The maximum absolute atomic E-state index is 4.50. The number of hydrogen-bond donors (Lipinski definition) is 1. The van der Waals surface area contributed by atoms with Gasteiger partial charge in [0.1, 0.15) is 0 Å². The summed E-state index contributed by atoms with van der Waals surface area (Å²) in [6, 6.07) is 0.637. The fourth-order valence-electron chi connectivity index (χ4n) is 2.65. The summed E-state index contributed by atoms with van der Waals surface area (Å²) in [6.45, 7) is 7.96. The second-order valence-electron chi connectivity index (χ2n) is 5.49. The number of hydrogen-bond acceptors (Lipinski definition) is 4. The smallest absolute Gasteiger partial charge is 0.0897 e. The lowest BCUT2D eigenvalue weighted by Crippen LogP contribution is -2.41. The number of piperidine rings is 1. The van der Waals surface area contributed by atoms with Crippen molar-refractivity contribution in [1.82, 2.24) is 15.2 Å². The van der Waals surface area contributed by atoms with Gasteiger partial charge in [0.15, 0.2) is 0 Å². The van der Waals surface area contributed by atoms with Crippen LogP contribution >= 0.6 is 11.3 Å². The summed E-state index contributed by atoms with van der Waals surface area (Å²) in [4.78, 5) is 6.93. The van der Waals surface area contributed by atoms with Gasteiger partial charge in [-0.05, 0) is 52.7 Å². The van der Waals surface area contributed by atoms with Gasteiger partial charge in [0.05, 0.1) is 10.7 Å². The average molecular weight is 267 g/mol. The van der Waals surface area contributed by atoms with Gasteiger partial charge in [-0.3, -0.25) is 0 Å². The minimum atomic E-state index is 0.637. The van der Waals surface area contributed by atoms with Gasteiger partial charge in [0.25, 0.3) is 0 Å². The molecule has 1 aromatic rings. The first-order valence-electron chi connectivity index (χ1n) is 6.98. The predicted octanol–water partition coefficient (Wildman–Crippen LogP) is 2.31. The molecule has 0 saturated carbocycles. The monoisotopic (exact) mass is 267 g/mol. The SMILES string of the molecule is Cc1nc(CCNC(C)C2CCN(C)CC2)cs1. The molecule has 2 rings (SSSR count). The van der Waals surface area contributed by atoms with Gasteiger partial charge >= 0.3 is 0 Å². The van der Waals surface area contributed by atoms with Gasteiger partial charge in [-0.25, -0.2) is 4.98 Å². The van der Waals surface area contributed by atoms with Crippen LogP contribution in [0, 0.1) is 12.8 Å². The maximum Gasteiger partial charge on any atom is 0.0897 e. The van der Waals surface area contributed by atoms with E-state index in [4.69, 9.17) is 0 Å². The standard InChI is InChI=1S/C14H25N3S/c1-11(13-5-8-17(3)9-6-13)15-7-4-14-10-18-12(2)16-14/h10-11,13,15H,4-9H2,1-3H3. The molecule has 3 nitrogen and oxygen atoms in total. The first-order valence-corrected chi connectivity index (χ1v) is 7.86. The van der Waals surface area contributed by atoms with E-state index in [1.54, 1.807) is 11.3 Å². The van der Waals surface area contributed by atoms with Crippen LogP contribution in [-0.2, 0) is 6.42 Å². The van der Waals surface area contributed by atoms with E-state index in [0.717, 1.165) is 18.9 Å². The van der Waals surface area contributed by atoms with Crippen molar-refractivity contribution in [2.75, 3.05) is 26.7 Å². The molecule has 1 aliphatic rings. The molecule has 2 heterocycles. The van der Waals surface area contributed by atoms with Crippen molar-refractivity contribution in [3.63, 3.8) is 0 Å². The van der Waals surface area contributed by atoms with Crippen molar-refractivity contribution in [1.29, 1.82) is 0 Å². The lowest BCUT2D eigenvalue weighted by atomic mass is 9.90. The molecule has 1 fully saturated rings. The van der Waals surface area contributed by atoms with Gasteiger partial charge < -0.3 is 10.2 Å². The Hall–Kier alpha value is -0.450. The molecule has 1 aliphatic heterocycles. The van der Waals surface area contributed by atoms with Crippen LogP contribution in [0.4, 0.5) is 0 Å².